The van der Waals surface area contributed by atoms with E-state index in [1.807, 2.05) is 19.9 Å². The molecule has 2 aromatic rings. The molecule has 0 aliphatic carbocycles. The van der Waals surface area contributed by atoms with Crippen molar-refractivity contribution < 1.29 is 9.84 Å². The highest BCUT2D eigenvalue weighted by Gasteiger charge is 2.11. The second-order valence-electron chi connectivity index (χ2n) is 5.84. The zero-order valence-electron chi connectivity index (χ0n) is 15.5. The smallest absolute Gasteiger partial charge is 0.223 e. The van der Waals surface area contributed by atoms with Crippen molar-refractivity contribution in [3.63, 3.8) is 0 Å². The molecule has 0 aromatic carbocycles. The SMILES string of the molecule is CCOc1ccc(C#Cc2c(Cl)nc(N)nc2NCCC(CC)CO)cn1. The number of nitrogens with one attached hydrogen (secondary N) is 1. The van der Waals surface area contributed by atoms with E-state index >= 15 is 0 Å². The van der Waals surface area contributed by atoms with Gasteiger partial charge < -0.3 is 20.9 Å². The van der Waals surface area contributed by atoms with E-state index in [1.165, 1.54) is 0 Å². The van der Waals surface area contributed by atoms with Gasteiger partial charge in [0.25, 0.3) is 0 Å². The molecule has 144 valence electrons. The van der Waals surface area contributed by atoms with E-state index in [4.69, 9.17) is 22.1 Å². The fourth-order valence-corrected chi connectivity index (χ4v) is 2.55. The normalized spacial score (nSPS) is 11.4. The maximum atomic E-state index is 9.30. The molecule has 0 spiro atoms. The number of ether oxygens (including phenoxy) is 1. The van der Waals surface area contributed by atoms with Gasteiger partial charge in [-0.15, -0.1) is 0 Å². The molecule has 7 nitrogen and oxygen atoms in total. The minimum atomic E-state index is 0.0741. The van der Waals surface area contributed by atoms with Crippen LogP contribution in [0.1, 0.15) is 37.8 Å². The second-order valence-corrected chi connectivity index (χ2v) is 6.19. The molecule has 8 heteroatoms. The Morgan fingerprint density at radius 2 is 2.11 bits per heavy atom. The first-order valence-corrected chi connectivity index (χ1v) is 9.23. The Morgan fingerprint density at radius 3 is 2.74 bits per heavy atom. The summed E-state index contributed by atoms with van der Waals surface area (Å²) >= 11 is 6.21. The van der Waals surface area contributed by atoms with Gasteiger partial charge in [0.2, 0.25) is 11.8 Å². The average molecular weight is 390 g/mol. The highest BCUT2D eigenvalue weighted by molar-refractivity contribution is 6.31. The van der Waals surface area contributed by atoms with Gasteiger partial charge in [0.15, 0.2) is 5.15 Å². The molecule has 0 amide bonds. The first kappa shape index (κ1) is 20.7. The van der Waals surface area contributed by atoms with Crippen LogP contribution in [-0.4, -0.2) is 39.8 Å². The maximum Gasteiger partial charge on any atom is 0.223 e. The van der Waals surface area contributed by atoms with E-state index < -0.39 is 0 Å². The highest BCUT2D eigenvalue weighted by atomic mass is 35.5. The predicted octanol–water partition coefficient (Wildman–Crippen LogP) is 2.73. The molecule has 1 unspecified atom stereocenters. The monoisotopic (exact) mass is 389 g/mol. The molecule has 4 N–H and O–H groups in total. The number of aromatic nitrogens is 3. The van der Waals surface area contributed by atoms with Crippen molar-refractivity contribution in [2.45, 2.75) is 26.7 Å². The summed E-state index contributed by atoms with van der Waals surface area (Å²) in [7, 11) is 0. The lowest BCUT2D eigenvalue weighted by Gasteiger charge is -2.13. The third kappa shape index (κ3) is 6.27. The van der Waals surface area contributed by atoms with Crippen molar-refractivity contribution >= 4 is 23.4 Å². The first-order chi connectivity index (χ1) is 13.1. The number of hydrogen-bond acceptors (Lipinski definition) is 7. The van der Waals surface area contributed by atoms with Gasteiger partial charge in [0, 0.05) is 31.0 Å². The van der Waals surface area contributed by atoms with Crippen molar-refractivity contribution in [2.24, 2.45) is 5.92 Å². The fourth-order valence-electron chi connectivity index (χ4n) is 2.33. The zero-order chi connectivity index (χ0) is 19.6. The number of nitrogens with two attached hydrogens (primary N) is 1. The summed E-state index contributed by atoms with van der Waals surface area (Å²) in [6.07, 6.45) is 3.33. The summed E-state index contributed by atoms with van der Waals surface area (Å²) in [4.78, 5) is 12.4. The lowest BCUT2D eigenvalue weighted by molar-refractivity contribution is 0.217. The van der Waals surface area contributed by atoms with Crippen LogP contribution in [0.2, 0.25) is 5.15 Å². The molecule has 0 aliphatic heterocycles. The van der Waals surface area contributed by atoms with Crippen LogP contribution in [0.5, 0.6) is 5.88 Å². The molecular formula is C19H24ClN5O2. The van der Waals surface area contributed by atoms with Crippen molar-refractivity contribution in [3.8, 4) is 17.7 Å². The Bertz CT molecular complexity index is 798. The Kier molecular flexibility index (Phi) is 8.11. The number of nitrogen functional groups attached to an aromatic ring is 1. The van der Waals surface area contributed by atoms with Crippen molar-refractivity contribution in [1.82, 2.24) is 15.0 Å². The summed E-state index contributed by atoms with van der Waals surface area (Å²) in [5.74, 6) is 7.32. The molecular weight excluding hydrogens is 366 g/mol. The van der Waals surface area contributed by atoms with E-state index in [0.29, 0.717) is 36.0 Å². The average Bonchev–Trinajstić information content (AvgIpc) is 2.66. The van der Waals surface area contributed by atoms with Gasteiger partial charge in [-0.05, 0) is 25.3 Å². The molecule has 0 aliphatic rings. The van der Waals surface area contributed by atoms with Gasteiger partial charge in [0.1, 0.15) is 11.4 Å². The summed E-state index contributed by atoms with van der Waals surface area (Å²) in [5.41, 5.74) is 6.89. The van der Waals surface area contributed by atoms with Crippen molar-refractivity contribution in [3.05, 3.63) is 34.6 Å². The van der Waals surface area contributed by atoms with Crippen molar-refractivity contribution in [2.75, 3.05) is 30.8 Å². The number of pyridine rings is 1. The van der Waals surface area contributed by atoms with Gasteiger partial charge in [-0.3, -0.25) is 0 Å². The Morgan fingerprint density at radius 1 is 1.30 bits per heavy atom. The van der Waals surface area contributed by atoms with Gasteiger partial charge in [-0.2, -0.15) is 9.97 Å². The van der Waals surface area contributed by atoms with E-state index in [2.05, 4.69) is 32.1 Å². The number of aliphatic hydroxyl groups is 1. The Balaban J connectivity index is 2.18. The van der Waals surface area contributed by atoms with Crippen LogP contribution in [0.15, 0.2) is 18.3 Å². The number of anilines is 2. The molecule has 2 aromatic heterocycles. The van der Waals surface area contributed by atoms with Gasteiger partial charge in [-0.1, -0.05) is 36.8 Å². The summed E-state index contributed by atoms with van der Waals surface area (Å²) in [6, 6.07) is 3.57. The summed E-state index contributed by atoms with van der Waals surface area (Å²) in [5, 5.41) is 12.7. The third-order valence-corrected chi connectivity index (χ3v) is 4.20. The van der Waals surface area contributed by atoms with Crippen LogP contribution < -0.4 is 15.8 Å². The van der Waals surface area contributed by atoms with Crippen LogP contribution in [0.25, 0.3) is 0 Å². The summed E-state index contributed by atoms with van der Waals surface area (Å²) in [6.45, 7) is 5.27. The minimum absolute atomic E-state index is 0.0741. The number of halogens is 1. The highest BCUT2D eigenvalue weighted by Crippen LogP contribution is 2.21. The molecule has 0 bridgehead atoms. The van der Waals surface area contributed by atoms with Gasteiger partial charge >= 0.3 is 0 Å². The van der Waals surface area contributed by atoms with Crippen LogP contribution in [0.4, 0.5) is 11.8 Å². The van der Waals surface area contributed by atoms with E-state index in [-0.39, 0.29) is 23.6 Å². The quantitative estimate of drug-likeness (QED) is 0.470. The number of nitrogens with zero attached hydrogens (tertiary/aromatic N) is 3. The van der Waals surface area contributed by atoms with Crippen LogP contribution in [-0.2, 0) is 0 Å². The molecule has 2 heterocycles. The molecule has 27 heavy (non-hydrogen) atoms. The topological polar surface area (TPSA) is 106 Å². The largest absolute Gasteiger partial charge is 0.478 e. The Hall–Kier alpha value is -2.56. The standard InChI is InChI=1S/C19H24ClN5O2/c1-3-13(12-26)9-10-22-18-15(17(20)24-19(21)25-18)7-5-14-6-8-16(23-11-14)27-4-2/h6,8,11,13,26H,3-4,9-10,12H2,1-2H3,(H3,21,22,24,25). The van der Waals surface area contributed by atoms with Gasteiger partial charge in [-0.25, -0.2) is 4.98 Å². The summed E-state index contributed by atoms with van der Waals surface area (Å²) < 4.78 is 5.31. The number of rotatable bonds is 8. The molecule has 0 radical (unpaired) electrons. The van der Waals surface area contributed by atoms with Crippen LogP contribution in [0.3, 0.4) is 0 Å². The molecule has 0 saturated carbocycles. The fraction of sp³-hybridized carbons (Fsp3) is 0.421. The minimum Gasteiger partial charge on any atom is -0.478 e. The van der Waals surface area contributed by atoms with E-state index in [1.54, 1.807) is 12.3 Å². The lowest BCUT2D eigenvalue weighted by Crippen LogP contribution is -2.14. The van der Waals surface area contributed by atoms with E-state index in [9.17, 15) is 5.11 Å². The van der Waals surface area contributed by atoms with Crippen LogP contribution in [0, 0.1) is 17.8 Å². The molecule has 0 fully saturated rings. The Labute approximate surface area is 164 Å². The maximum absolute atomic E-state index is 9.30. The number of hydrogen-bond donors (Lipinski definition) is 3. The number of aliphatic hydroxyl groups excluding tert-OH is 1. The molecule has 0 saturated heterocycles. The molecule has 2 rings (SSSR count). The lowest BCUT2D eigenvalue weighted by atomic mass is 10.0. The van der Waals surface area contributed by atoms with E-state index in [0.717, 1.165) is 12.8 Å². The molecule has 1 atom stereocenters. The third-order valence-electron chi connectivity index (χ3n) is 3.92. The van der Waals surface area contributed by atoms with Crippen molar-refractivity contribution in [1.29, 1.82) is 0 Å². The van der Waals surface area contributed by atoms with Gasteiger partial charge in [0.05, 0.1) is 6.61 Å². The predicted molar refractivity (Wildman–Crippen MR) is 107 cm³/mol. The van der Waals surface area contributed by atoms with Crippen LogP contribution >= 0.6 is 11.6 Å². The second kappa shape index (κ2) is 10.6. The first-order valence-electron chi connectivity index (χ1n) is 8.85. The zero-order valence-corrected chi connectivity index (χ0v) is 16.3.